The molecule has 0 atom stereocenters. The lowest BCUT2D eigenvalue weighted by Gasteiger charge is -2.19. The van der Waals surface area contributed by atoms with Crippen LogP contribution in [-0.4, -0.2) is 41.7 Å². The van der Waals surface area contributed by atoms with E-state index in [9.17, 15) is 9.90 Å². The summed E-state index contributed by atoms with van der Waals surface area (Å²) in [6.07, 6.45) is 2.73. The molecule has 0 unspecified atom stereocenters. The Morgan fingerprint density at radius 2 is 2.23 bits per heavy atom. The Morgan fingerprint density at radius 3 is 2.96 bits per heavy atom. The molecule has 1 aliphatic carbocycles. The Morgan fingerprint density at radius 1 is 1.38 bits per heavy atom. The normalized spacial score (nSPS) is 17.3. The van der Waals surface area contributed by atoms with Gasteiger partial charge in [0, 0.05) is 47.4 Å². The van der Waals surface area contributed by atoms with E-state index in [-0.39, 0.29) is 11.7 Å². The van der Waals surface area contributed by atoms with Gasteiger partial charge in [0.25, 0.3) is 0 Å². The number of aromatic hydroxyl groups is 1. The van der Waals surface area contributed by atoms with Crippen molar-refractivity contribution in [1.29, 1.82) is 0 Å². The SMILES string of the molecule is Cc1ccc(-c2cc(O)c3c(c2)CN(CCC(=O)NC2CC2)CCO3)s1. The van der Waals surface area contributed by atoms with Gasteiger partial charge in [0.05, 0.1) is 0 Å². The second-order valence-corrected chi connectivity index (χ2v) is 8.40. The van der Waals surface area contributed by atoms with E-state index in [2.05, 4.69) is 35.3 Å². The number of rotatable bonds is 5. The maximum Gasteiger partial charge on any atom is 0.221 e. The van der Waals surface area contributed by atoms with Crippen molar-refractivity contribution in [1.82, 2.24) is 10.2 Å². The first kappa shape index (κ1) is 17.4. The van der Waals surface area contributed by atoms with Crippen molar-refractivity contribution in [2.75, 3.05) is 19.7 Å². The summed E-state index contributed by atoms with van der Waals surface area (Å²) in [6, 6.07) is 8.46. The number of nitrogens with zero attached hydrogens (tertiary/aromatic N) is 1. The number of thiophene rings is 1. The molecule has 1 amide bonds. The smallest absolute Gasteiger partial charge is 0.221 e. The molecule has 2 N–H and O–H groups in total. The van der Waals surface area contributed by atoms with E-state index in [1.54, 1.807) is 17.4 Å². The molecule has 1 aromatic carbocycles. The lowest BCUT2D eigenvalue weighted by atomic mass is 10.1. The number of carbonyl (C=O) groups is 1. The predicted octanol–water partition coefficient (Wildman–Crippen LogP) is 3.29. The molecule has 2 heterocycles. The summed E-state index contributed by atoms with van der Waals surface area (Å²) >= 11 is 1.71. The van der Waals surface area contributed by atoms with E-state index in [0.717, 1.165) is 35.4 Å². The van der Waals surface area contributed by atoms with Crippen LogP contribution in [0.1, 0.15) is 29.7 Å². The van der Waals surface area contributed by atoms with E-state index < -0.39 is 0 Å². The highest BCUT2D eigenvalue weighted by atomic mass is 32.1. The van der Waals surface area contributed by atoms with Crippen LogP contribution in [0, 0.1) is 6.92 Å². The van der Waals surface area contributed by atoms with E-state index in [0.29, 0.717) is 37.9 Å². The van der Waals surface area contributed by atoms with Crippen molar-refractivity contribution < 1.29 is 14.6 Å². The fourth-order valence-electron chi connectivity index (χ4n) is 3.26. The van der Waals surface area contributed by atoms with Gasteiger partial charge in [0.15, 0.2) is 11.5 Å². The van der Waals surface area contributed by atoms with Crippen LogP contribution in [0.5, 0.6) is 11.5 Å². The summed E-state index contributed by atoms with van der Waals surface area (Å²) in [7, 11) is 0. The molecule has 6 heteroatoms. The Hall–Kier alpha value is -2.05. The third-order valence-electron chi connectivity index (χ3n) is 4.82. The van der Waals surface area contributed by atoms with Gasteiger partial charge >= 0.3 is 0 Å². The summed E-state index contributed by atoms with van der Waals surface area (Å²) in [4.78, 5) is 16.6. The number of hydrogen-bond donors (Lipinski definition) is 2. The fourth-order valence-corrected chi connectivity index (χ4v) is 4.12. The van der Waals surface area contributed by atoms with Crippen molar-refractivity contribution in [2.45, 2.75) is 38.8 Å². The van der Waals surface area contributed by atoms with Crippen molar-refractivity contribution in [3.8, 4) is 21.9 Å². The maximum absolute atomic E-state index is 12.0. The minimum Gasteiger partial charge on any atom is -0.504 e. The third kappa shape index (κ3) is 4.02. The molecular formula is C20H24N2O3S. The molecule has 1 aliphatic heterocycles. The van der Waals surface area contributed by atoms with E-state index in [1.165, 1.54) is 4.88 Å². The molecule has 2 aliphatic rings. The standard InChI is InChI=1S/C20H24N2O3S/c1-13-2-5-18(26-13)14-10-15-12-22(7-6-19(24)21-16-3-4-16)8-9-25-20(15)17(23)11-14/h2,5,10-11,16,23H,3-4,6-9,12H2,1H3,(H,21,24). The number of nitrogens with one attached hydrogen (secondary N) is 1. The number of ether oxygens (including phenoxy) is 1. The van der Waals surface area contributed by atoms with Crippen LogP contribution in [0.25, 0.3) is 10.4 Å². The first-order valence-electron chi connectivity index (χ1n) is 9.16. The Kier molecular flexibility index (Phi) is 4.87. The number of phenols is 1. The average molecular weight is 372 g/mol. The van der Waals surface area contributed by atoms with Crippen LogP contribution in [0.4, 0.5) is 0 Å². The highest BCUT2D eigenvalue weighted by molar-refractivity contribution is 7.15. The zero-order chi connectivity index (χ0) is 18.1. The highest BCUT2D eigenvalue weighted by Crippen LogP contribution is 2.39. The number of amides is 1. The monoisotopic (exact) mass is 372 g/mol. The molecule has 1 saturated carbocycles. The second kappa shape index (κ2) is 7.29. The molecule has 0 saturated heterocycles. The highest BCUT2D eigenvalue weighted by Gasteiger charge is 2.24. The minimum atomic E-state index is 0.128. The summed E-state index contributed by atoms with van der Waals surface area (Å²) in [5, 5.41) is 13.5. The van der Waals surface area contributed by atoms with Gasteiger partial charge in [-0.2, -0.15) is 0 Å². The van der Waals surface area contributed by atoms with Gasteiger partial charge < -0.3 is 15.2 Å². The van der Waals surface area contributed by atoms with Gasteiger partial charge in [-0.25, -0.2) is 0 Å². The van der Waals surface area contributed by atoms with Crippen LogP contribution in [0.3, 0.4) is 0 Å². The van der Waals surface area contributed by atoms with Crippen molar-refractivity contribution in [3.63, 3.8) is 0 Å². The first-order valence-corrected chi connectivity index (χ1v) is 9.97. The molecule has 2 aromatic rings. The Labute approximate surface area is 157 Å². The fraction of sp³-hybridized carbons (Fsp3) is 0.450. The first-order chi connectivity index (χ1) is 12.6. The van der Waals surface area contributed by atoms with Gasteiger partial charge in [-0.3, -0.25) is 9.69 Å². The molecule has 0 radical (unpaired) electrons. The summed E-state index contributed by atoms with van der Waals surface area (Å²) < 4.78 is 5.80. The van der Waals surface area contributed by atoms with Crippen molar-refractivity contribution >= 4 is 17.2 Å². The van der Waals surface area contributed by atoms with Gasteiger partial charge in [0.2, 0.25) is 5.91 Å². The molecule has 1 fully saturated rings. The largest absolute Gasteiger partial charge is 0.504 e. The number of fused-ring (bicyclic) bond motifs is 1. The number of hydrogen-bond acceptors (Lipinski definition) is 5. The third-order valence-corrected chi connectivity index (χ3v) is 5.87. The topological polar surface area (TPSA) is 61.8 Å². The molecule has 26 heavy (non-hydrogen) atoms. The van der Waals surface area contributed by atoms with Crippen LogP contribution >= 0.6 is 11.3 Å². The molecule has 0 spiro atoms. The minimum absolute atomic E-state index is 0.128. The zero-order valence-corrected chi connectivity index (χ0v) is 15.8. The molecule has 0 bridgehead atoms. The number of aryl methyl sites for hydroxylation is 1. The lowest BCUT2D eigenvalue weighted by molar-refractivity contribution is -0.121. The van der Waals surface area contributed by atoms with E-state index >= 15 is 0 Å². The average Bonchev–Trinajstić information content (AvgIpc) is 3.35. The summed E-state index contributed by atoms with van der Waals surface area (Å²) in [5.74, 6) is 0.896. The molecule has 5 nitrogen and oxygen atoms in total. The van der Waals surface area contributed by atoms with Crippen LogP contribution in [0.15, 0.2) is 24.3 Å². The van der Waals surface area contributed by atoms with Crippen molar-refractivity contribution in [3.05, 3.63) is 34.7 Å². The van der Waals surface area contributed by atoms with Gasteiger partial charge in [0.1, 0.15) is 6.61 Å². The van der Waals surface area contributed by atoms with Gasteiger partial charge in [-0.1, -0.05) is 0 Å². The van der Waals surface area contributed by atoms with Gasteiger partial charge in [-0.15, -0.1) is 11.3 Å². The second-order valence-electron chi connectivity index (χ2n) is 7.11. The summed E-state index contributed by atoms with van der Waals surface area (Å²) in [5.41, 5.74) is 1.99. The number of phenolic OH excluding ortho intramolecular Hbond substituents is 1. The Bertz CT molecular complexity index is 813. The summed E-state index contributed by atoms with van der Waals surface area (Å²) in [6.45, 7) is 4.72. The molecule has 1 aromatic heterocycles. The molecule has 138 valence electrons. The number of benzene rings is 1. The van der Waals surface area contributed by atoms with Crippen LogP contribution < -0.4 is 10.1 Å². The van der Waals surface area contributed by atoms with Crippen molar-refractivity contribution in [2.24, 2.45) is 0 Å². The molecular weight excluding hydrogens is 348 g/mol. The maximum atomic E-state index is 12.0. The van der Waals surface area contributed by atoms with Crippen LogP contribution in [0.2, 0.25) is 0 Å². The quantitative estimate of drug-likeness (QED) is 0.845. The lowest BCUT2D eigenvalue weighted by Crippen LogP contribution is -2.32. The van der Waals surface area contributed by atoms with Gasteiger partial charge in [-0.05, 0) is 49.6 Å². The van der Waals surface area contributed by atoms with Crippen LogP contribution in [-0.2, 0) is 11.3 Å². The van der Waals surface area contributed by atoms with E-state index in [4.69, 9.17) is 4.74 Å². The number of carbonyl (C=O) groups excluding carboxylic acids is 1. The Balaban J connectivity index is 1.49. The van der Waals surface area contributed by atoms with E-state index in [1.807, 2.05) is 0 Å². The zero-order valence-electron chi connectivity index (χ0n) is 15.0. The predicted molar refractivity (Wildman–Crippen MR) is 103 cm³/mol. The molecule has 4 rings (SSSR count).